The summed E-state index contributed by atoms with van der Waals surface area (Å²) < 4.78 is 18.5. The highest BCUT2D eigenvalue weighted by atomic mass is 28.4. The van der Waals surface area contributed by atoms with Crippen LogP contribution in [-0.2, 0) is 18.4 Å². The van der Waals surface area contributed by atoms with Gasteiger partial charge in [-0.2, -0.15) is 0 Å². The molecule has 0 aliphatic carbocycles. The normalized spacial score (nSPS) is 15.8. The Balaban J connectivity index is 5.48. The van der Waals surface area contributed by atoms with Crippen LogP contribution in [0.4, 0.5) is 0 Å². The summed E-state index contributed by atoms with van der Waals surface area (Å²) >= 11 is 0. The van der Waals surface area contributed by atoms with Crippen LogP contribution in [0.3, 0.4) is 0 Å². The van der Waals surface area contributed by atoms with Crippen molar-refractivity contribution in [2.24, 2.45) is 0 Å². The lowest BCUT2D eigenvalue weighted by Gasteiger charge is -2.44. The monoisotopic (exact) mass is 430 g/mol. The molecule has 0 spiro atoms. The van der Waals surface area contributed by atoms with Crippen molar-refractivity contribution in [1.29, 1.82) is 0 Å². The van der Waals surface area contributed by atoms with E-state index in [-0.39, 0.29) is 28.3 Å². The fraction of sp³-hybridized carbons (Fsp3) is 0.864. The van der Waals surface area contributed by atoms with E-state index in [1.165, 1.54) is 0 Å². The Kier molecular flexibility index (Phi) is 10.4. The van der Waals surface area contributed by atoms with E-state index >= 15 is 0 Å². The first-order chi connectivity index (χ1) is 12.5. The first-order valence-electron chi connectivity index (χ1n) is 10.6. The van der Waals surface area contributed by atoms with E-state index in [0.29, 0.717) is 13.0 Å². The highest BCUT2D eigenvalue weighted by Crippen LogP contribution is 2.41. The van der Waals surface area contributed by atoms with Gasteiger partial charge in [0.15, 0.2) is 16.6 Å². The maximum Gasteiger partial charge on any atom is 0.305 e. The quantitative estimate of drug-likeness (QED) is 0.208. The Morgan fingerprint density at radius 3 is 1.82 bits per heavy atom. The van der Waals surface area contributed by atoms with Crippen molar-refractivity contribution in [3.63, 3.8) is 0 Å². The number of hydrogen-bond acceptors (Lipinski definition) is 4. The van der Waals surface area contributed by atoms with Gasteiger partial charge in [-0.15, -0.1) is 6.58 Å². The van der Waals surface area contributed by atoms with Gasteiger partial charge in [0.05, 0.1) is 18.8 Å². The highest BCUT2D eigenvalue weighted by Gasteiger charge is 2.43. The molecule has 4 nitrogen and oxygen atoms in total. The maximum absolute atomic E-state index is 11.8. The number of carbonyl (C=O) groups is 1. The Morgan fingerprint density at radius 2 is 1.43 bits per heavy atom. The zero-order chi connectivity index (χ0) is 22.4. The first kappa shape index (κ1) is 27.6. The largest absolute Gasteiger partial charge is 0.466 e. The van der Waals surface area contributed by atoms with Crippen LogP contribution in [0.1, 0.15) is 67.7 Å². The number of hydrogen-bond donors (Lipinski definition) is 0. The van der Waals surface area contributed by atoms with E-state index in [4.69, 9.17) is 13.6 Å². The molecule has 0 heterocycles. The molecule has 0 saturated heterocycles. The third-order valence-electron chi connectivity index (χ3n) is 6.26. The molecule has 6 heteroatoms. The minimum Gasteiger partial charge on any atom is -0.466 e. The van der Waals surface area contributed by atoms with E-state index in [2.05, 4.69) is 74.3 Å². The van der Waals surface area contributed by atoms with Crippen LogP contribution in [0, 0.1) is 0 Å². The van der Waals surface area contributed by atoms with Gasteiger partial charge in [-0.05, 0) is 56.0 Å². The average molecular weight is 431 g/mol. The summed E-state index contributed by atoms with van der Waals surface area (Å²) in [6.45, 7) is 28.8. The minimum atomic E-state index is -1.99. The van der Waals surface area contributed by atoms with Crippen molar-refractivity contribution in [2.45, 2.75) is 116 Å². The second-order valence-corrected chi connectivity index (χ2v) is 20.2. The number of esters is 1. The van der Waals surface area contributed by atoms with Gasteiger partial charge in [0.2, 0.25) is 0 Å². The molecule has 0 radical (unpaired) electrons. The second kappa shape index (κ2) is 10.6. The van der Waals surface area contributed by atoms with Crippen molar-refractivity contribution in [3.8, 4) is 0 Å². The van der Waals surface area contributed by atoms with Gasteiger partial charge in [0.25, 0.3) is 0 Å². The molecule has 0 aromatic carbocycles. The third kappa shape index (κ3) is 8.51. The van der Waals surface area contributed by atoms with Crippen molar-refractivity contribution in [2.75, 3.05) is 6.61 Å². The van der Waals surface area contributed by atoms with E-state index < -0.39 is 16.6 Å². The Hall–Kier alpha value is -0.436. The summed E-state index contributed by atoms with van der Waals surface area (Å²) in [5.41, 5.74) is 0. The Labute approximate surface area is 176 Å². The fourth-order valence-electron chi connectivity index (χ4n) is 2.32. The second-order valence-electron chi connectivity index (χ2n) is 10.7. The van der Waals surface area contributed by atoms with Gasteiger partial charge in [-0.1, -0.05) is 47.6 Å². The van der Waals surface area contributed by atoms with Gasteiger partial charge in [-0.25, -0.2) is 0 Å². The molecule has 166 valence electrons. The van der Waals surface area contributed by atoms with Gasteiger partial charge in [0.1, 0.15) is 0 Å². The topological polar surface area (TPSA) is 44.8 Å². The van der Waals surface area contributed by atoms with E-state index in [1.807, 2.05) is 13.0 Å². The lowest BCUT2D eigenvalue weighted by molar-refractivity contribution is -0.143. The van der Waals surface area contributed by atoms with Crippen molar-refractivity contribution in [1.82, 2.24) is 0 Å². The SMILES string of the molecule is C=CC(O[Si](C)(C)C(C)(C)C)C(CCCC(=O)OCC)O[Si](C)(C)C(C)(C)C. The first-order valence-corrected chi connectivity index (χ1v) is 16.4. The molecular formula is C22H46O4Si2. The van der Waals surface area contributed by atoms with Crippen LogP contribution in [0.5, 0.6) is 0 Å². The number of ether oxygens (including phenoxy) is 1. The average Bonchev–Trinajstić information content (AvgIpc) is 2.49. The molecule has 0 amide bonds. The molecule has 2 unspecified atom stereocenters. The van der Waals surface area contributed by atoms with Gasteiger partial charge in [0, 0.05) is 6.42 Å². The van der Waals surface area contributed by atoms with Crippen LogP contribution in [0.25, 0.3) is 0 Å². The summed E-state index contributed by atoms with van der Waals surface area (Å²) in [5, 5.41) is 0.218. The molecule has 0 bridgehead atoms. The Bertz CT molecular complexity index is 502. The van der Waals surface area contributed by atoms with E-state index in [1.54, 1.807) is 0 Å². The zero-order valence-corrected chi connectivity index (χ0v) is 22.4. The molecule has 0 saturated carbocycles. The lowest BCUT2D eigenvalue weighted by Crippen LogP contribution is -2.51. The predicted molar refractivity (Wildman–Crippen MR) is 125 cm³/mol. The van der Waals surface area contributed by atoms with E-state index in [9.17, 15) is 4.79 Å². The third-order valence-corrected chi connectivity index (χ3v) is 15.2. The van der Waals surface area contributed by atoms with E-state index in [0.717, 1.165) is 12.8 Å². The number of carbonyl (C=O) groups excluding carboxylic acids is 1. The molecule has 28 heavy (non-hydrogen) atoms. The maximum atomic E-state index is 11.8. The highest BCUT2D eigenvalue weighted by molar-refractivity contribution is 6.74. The smallest absolute Gasteiger partial charge is 0.305 e. The fourth-order valence-corrected chi connectivity index (χ4v) is 4.96. The molecule has 0 aliphatic heterocycles. The minimum absolute atomic E-state index is 0.0954. The van der Waals surface area contributed by atoms with Crippen molar-refractivity contribution < 1.29 is 18.4 Å². The molecule has 0 aliphatic rings. The van der Waals surface area contributed by atoms with Crippen LogP contribution in [0.15, 0.2) is 12.7 Å². The van der Waals surface area contributed by atoms with Crippen LogP contribution >= 0.6 is 0 Å². The van der Waals surface area contributed by atoms with Crippen LogP contribution in [-0.4, -0.2) is 41.4 Å². The molecule has 2 atom stereocenters. The molecule has 0 rings (SSSR count). The molecule has 0 fully saturated rings. The summed E-state index contributed by atoms with van der Waals surface area (Å²) in [4.78, 5) is 11.8. The summed E-state index contributed by atoms with van der Waals surface area (Å²) in [5.74, 6) is -0.144. The van der Waals surface area contributed by atoms with Gasteiger partial charge in [-0.3, -0.25) is 4.79 Å². The molecule has 0 aromatic rings. The van der Waals surface area contributed by atoms with Gasteiger partial charge < -0.3 is 13.6 Å². The lowest BCUT2D eigenvalue weighted by atomic mass is 10.1. The zero-order valence-electron chi connectivity index (χ0n) is 20.4. The van der Waals surface area contributed by atoms with Crippen molar-refractivity contribution >= 4 is 22.6 Å². The summed E-state index contributed by atoms with van der Waals surface area (Å²) in [7, 11) is -3.96. The predicted octanol–water partition coefficient (Wildman–Crippen LogP) is 6.69. The molecule has 0 N–H and O–H groups in total. The number of rotatable bonds is 11. The molecule has 0 aromatic heterocycles. The van der Waals surface area contributed by atoms with Crippen LogP contribution < -0.4 is 0 Å². The summed E-state index contributed by atoms with van der Waals surface area (Å²) in [6.07, 6.45) is 3.52. The van der Waals surface area contributed by atoms with Crippen LogP contribution in [0.2, 0.25) is 36.3 Å². The standard InChI is InChI=1S/C22H46O4Si2/c1-13-18(25-27(9,10)21(3,4)5)19(16-15-17-20(23)24-14-2)26-28(11,12)22(6,7)8/h13,18-19H,1,14-17H2,2-12H3. The summed E-state index contributed by atoms with van der Waals surface area (Å²) in [6, 6.07) is 0. The molecular weight excluding hydrogens is 384 g/mol. The van der Waals surface area contributed by atoms with Crippen molar-refractivity contribution in [3.05, 3.63) is 12.7 Å². The van der Waals surface area contributed by atoms with Gasteiger partial charge >= 0.3 is 5.97 Å². The Morgan fingerprint density at radius 1 is 0.964 bits per heavy atom.